The molecule has 4 nitrogen and oxygen atoms in total. The molecule has 2 aliphatic rings. The second-order valence-corrected chi connectivity index (χ2v) is 6.93. The first-order valence-corrected chi connectivity index (χ1v) is 7.75. The number of ketones is 1. The van der Waals surface area contributed by atoms with Crippen LogP contribution in [0.4, 0.5) is 0 Å². The number of rotatable bonds is 0. The minimum Gasteiger partial charge on any atom is -0.289 e. The lowest BCUT2D eigenvalue weighted by Crippen LogP contribution is -2.41. The molecule has 2 aromatic rings. The Bertz CT molecular complexity index is 886. The fraction of sp³-hybridized carbons (Fsp3) is 0.133. The first-order valence-electron chi connectivity index (χ1n) is 6.27. The highest BCUT2D eigenvalue weighted by Crippen LogP contribution is 2.47. The maximum absolute atomic E-state index is 12.6. The van der Waals surface area contributed by atoms with E-state index in [1.807, 2.05) is 13.0 Å². The molecule has 2 aromatic carbocycles. The van der Waals surface area contributed by atoms with Crippen molar-refractivity contribution in [2.45, 2.75) is 17.4 Å². The van der Waals surface area contributed by atoms with Crippen LogP contribution in [-0.4, -0.2) is 14.2 Å². The van der Waals surface area contributed by atoms with Crippen LogP contribution in [0.25, 0.3) is 0 Å². The molecule has 0 fully saturated rings. The van der Waals surface area contributed by atoms with Gasteiger partial charge in [-0.3, -0.25) is 4.79 Å². The number of sulfonamides is 1. The smallest absolute Gasteiger partial charge is 0.242 e. The van der Waals surface area contributed by atoms with Gasteiger partial charge in [-0.1, -0.05) is 36.4 Å². The molecule has 0 saturated carbocycles. The average molecular weight is 285 g/mol. The molecule has 0 amide bonds. The molecule has 5 heteroatoms. The predicted molar refractivity (Wildman–Crippen MR) is 73.1 cm³/mol. The van der Waals surface area contributed by atoms with Crippen LogP contribution in [0.2, 0.25) is 0 Å². The molecule has 20 heavy (non-hydrogen) atoms. The summed E-state index contributed by atoms with van der Waals surface area (Å²) < 4.78 is 27.3. The standard InChI is InChI=1S/C15H11NO3S/c1-15-11-7-3-2-5-9(11)14(17)10-6-4-8-12(13(10)15)20(18,19)16-15/h2-8,16H,1H3. The number of carbonyl (C=O) groups is 1. The first-order chi connectivity index (χ1) is 9.45. The minimum absolute atomic E-state index is 0.117. The van der Waals surface area contributed by atoms with E-state index in [1.54, 1.807) is 36.4 Å². The molecule has 1 unspecified atom stereocenters. The van der Waals surface area contributed by atoms with Gasteiger partial charge >= 0.3 is 0 Å². The second-order valence-electron chi connectivity index (χ2n) is 5.28. The van der Waals surface area contributed by atoms with E-state index in [4.69, 9.17) is 0 Å². The summed E-state index contributed by atoms with van der Waals surface area (Å²) in [7, 11) is -3.58. The van der Waals surface area contributed by atoms with Crippen molar-refractivity contribution in [2.24, 2.45) is 0 Å². The van der Waals surface area contributed by atoms with Gasteiger partial charge in [-0.15, -0.1) is 0 Å². The summed E-state index contributed by atoms with van der Waals surface area (Å²) in [5, 5.41) is 0. The Labute approximate surface area is 116 Å². The lowest BCUT2D eigenvalue weighted by molar-refractivity contribution is 0.103. The third kappa shape index (κ3) is 1.19. The van der Waals surface area contributed by atoms with Crippen molar-refractivity contribution in [2.75, 3.05) is 0 Å². The normalized spacial score (nSPS) is 25.1. The number of hydrogen-bond donors (Lipinski definition) is 1. The summed E-state index contributed by atoms with van der Waals surface area (Å²) in [5.41, 5.74) is 1.45. The number of carbonyl (C=O) groups excluding carboxylic acids is 1. The van der Waals surface area contributed by atoms with Crippen molar-refractivity contribution in [3.63, 3.8) is 0 Å². The molecule has 0 spiro atoms. The van der Waals surface area contributed by atoms with Crippen LogP contribution in [0.15, 0.2) is 47.4 Å². The quantitative estimate of drug-likeness (QED) is 0.802. The van der Waals surface area contributed by atoms with Gasteiger partial charge in [0.15, 0.2) is 5.78 Å². The lowest BCUT2D eigenvalue weighted by Gasteiger charge is -2.32. The van der Waals surface area contributed by atoms with E-state index in [2.05, 4.69) is 4.72 Å². The Hall–Kier alpha value is -1.98. The monoisotopic (exact) mass is 285 g/mol. The Morgan fingerprint density at radius 3 is 2.50 bits per heavy atom. The largest absolute Gasteiger partial charge is 0.289 e. The third-order valence-corrected chi connectivity index (χ3v) is 5.71. The molecule has 1 N–H and O–H groups in total. The maximum Gasteiger partial charge on any atom is 0.242 e. The van der Waals surface area contributed by atoms with Crippen molar-refractivity contribution in [1.29, 1.82) is 0 Å². The first kappa shape index (κ1) is 11.8. The van der Waals surface area contributed by atoms with E-state index in [0.717, 1.165) is 0 Å². The maximum atomic E-state index is 12.6. The van der Waals surface area contributed by atoms with Crippen molar-refractivity contribution in [1.82, 2.24) is 4.72 Å². The molecular formula is C15H11NO3S. The van der Waals surface area contributed by atoms with E-state index < -0.39 is 15.6 Å². The minimum atomic E-state index is -3.58. The Kier molecular flexibility index (Phi) is 1.99. The van der Waals surface area contributed by atoms with E-state index in [1.165, 1.54) is 0 Å². The highest BCUT2D eigenvalue weighted by molar-refractivity contribution is 7.90. The van der Waals surface area contributed by atoms with Gasteiger partial charge in [0, 0.05) is 16.7 Å². The predicted octanol–water partition coefficient (Wildman–Crippen LogP) is 1.79. The summed E-state index contributed by atoms with van der Waals surface area (Å²) in [6.45, 7) is 1.81. The summed E-state index contributed by atoms with van der Waals surface area (Å²) in [6.07, 6.45) is 0. The van der Waals surface area contributed by atoms with Crippen molar-refractivity contribution >= 4 is 15.8 Å². The average Bonchev–Trinajstić information content (AvgIpc) is 2.65. The van der Waals surface area contributed by atoms with Gasteiger partial charge in [-0.2, -0.15) is 4.72 Å². The SMILES string of the molecule is CC12NS(=O)(=O)c3cccc(c31)C(=O)c1ccccc12. The summed E-state index contributed by atoms with van der Waals surface area (Å²) in [6, 6.07) is 12.0. The van der Waals surface area contributed by atoms with Crippen molar-refractivity contribution in [3.05, 3.63) is 64.7 Å². The van der Waals surface area contributed by atoms with Crippen LogP contribution in [0.5, 0.6) is 0 Å². The highest BCUT2D eigenvalue weighted by Gasteiger charge is 2.50. The van der Waals surface area contributed by atoms with E-state index >= 15 is 0 Å². The molecule has 4 rings (SSSR count). The number of benzene rings is 2. The van der Waals surface area contributed by atoms with Crippen LogP contribution in [0.3, 0.4) is 0 Å². The molecule has 0 aromatic heterocycles. The lowest BCUT2D eigenvalue weighted by atomic mass is 9.73. The van der Waals surface area contributed by atoms with Crippen LogP contribution < -0.4 is 4.72 Å². The molecule has 100 valence electrons. The van der Waals surface area contributed by atoms with Crippen molar-refractivity contribution in [3.8, 4) is 0 Å². The number of fused-ring (bicyclic) bond motifs is 2. The topological polar surface area (TPSA) is 63.2 Å². The molecular weight excluding hydrogens is 274 g/mol. The number of nitrogens with one attached hydrogen (secondary N) is 1. The summed E-state index contributed by atoms with van der Waals surface area (Å²) >= 11 is 0. The highest BCUT2D eigenvalue weighted by atomic mass is 32.2. The molecule has 0 radical (unpaired) electrons. The van der Waals surface area contributed by atoms with Gasteiger partial charge in [-0.25, -0.2) is 8.42 Å². The zero-order valence-corrected chi connectivity index (χ0v) is 11.5. The molecule has 0 bridgehead atoms. The Balaban J connectivity index is 2.21. The zero-order valence-electron chi connectivity index (χ0n) is 10.7. The molecule has 1 heterocycles. The van der Waals surface area contributed by atoms with Crippen LogP contribution in [0, 0.1) is 0 Å². The molecule has 0 saturated heterocycles. The van der Waals surface area contributed by atoms with E-state index in [9.17, 15) is 13.2 Å². The molecule has 1 atom stereocenters. The zero-order chi connectivity index (χ0) is 14.1. The molecule has 1 aliphatic heterocycles. The fourth-order valence-electron chi connectivity index (χ4n) is 3.29. The third-order valence-electron chi connectivity index (χ3n) is 4.11. The van der Waals surface area contributed by atoms with Gasteiger partial charge in [0.25, 0.3) is 0 Å². The fourth-order valence-corrected chi connectivity index (χ4v) is 4.99. The second kappa shape index (κ2) is 3.37. The molecule has 1 aliphatic carbocycles. The summed E-state index contributed by atoms with van der Waals surface area (Å²) in [5.74, 6) is -0.117. The van der Waals surface area contributed by atoms with E-state index in [0.29, 0.717) is 22.3 Å². The van der Waals surface area contributed by atoms with Gasteiger partial charge in [-0.05, 0) is 18.6 Å². The van der Waals surface area contributed by atoms with E-state index in [-0.39, 0.29) is 10.7 Å². The van der Waals surface area contributed by atoms with Gasteiger partial charge < -0.3 is 0 Å². The number of hydrogen-bond acceptors (Lipinski definition) is 3. The van der Waals surface area contributed by atoms with Gasteiger partial charge in [0.1, 0.15) is 0 Å². The van der Waals surface area contributed by atoms with Crippen LogP contribution in [0.1, 0.15) is 34.0 Å². The van der Waals surface area contributed by atoms with Gasteiger partial charge in [0.05, 0.1) is 10.4 Å². The van der Waals surface area contributed by atoms with Crippen LogP contribution >= 0.6 is 0 Å². The van der Waals surface area contributed by atoms with Crippen LogP contribution in [-0.2, 0) is 15.6 Å². The summed E-state index contributed by atoms with van der Waals surface area (Å²) in [4.78, 5) is 12.8. The Morgan fingerprint density at radius 2 is 1.70 bits per heavy atom. The van der Waals surface area contributed by atoms with Gasteiger partial charge in [0.2, 0.25) is 10.0 Å². The Morgan fingerprint density at radius 1 is 1.00 bits per heavy atom. The van der Waals surface area contributed by atoms with Crippen molar-refractivity contribution < 1.29 is 13.2 Å².